The average molecular weight is 508 g/mol. The zero-order chi connectivity index (χ0) is 24.5. The van der Waals surface area contributed by atoms with Crippen LogP contribution < -0.4 is 10.2 Å². The zero-order valence-corrected chi connectivity index (χ0v) is 20.6. The Bertz CT molecular complexity index is 1190. The van der Waals surface area contributed by atoms with Crippen LogP contribution in [0.2, 0.25) is 5.02 Å². The van der Waals surface area contributed by atoms with Gasteiger partial charge in [0.1, 0.15) is 17.3 Å². The highest BCUT2D eigenvalue weighted by Crippen LogP contribution is 2.38. The van der Waals surface area contributed by atoms with Crippen LogP contribution in [0.25, 0.3) is 0 Å². The summed E-state index contributed by atoms with van der Waals surface area (Å²) < 4.78 is 36.7. The van der Waals surface area contributed by atoms with Crippen LogP contribution in [0.3, 0.4) is 0 Å². The Labute approximate surface area is 203 Å². The predicted molar refractivity (Wildman–Crippen MR) is 129 cm³/mol. The smallest absolute Gasteiger partial charge is 0.271 e. The first-order valence-electron chi connectivity index (χ1n) is 11.1. The number of hydrogen-bond donors (Lipinski definition) is 1. The highest BCUT2D eigenvalue weighted by molar-refractivity contribution is 7.93. The molecule has 2 fully saturated rings. The minimum atomic E-state index is -3.28. The molecule has 2 heterocycles. The van der Waals surface area contributed by atoms with Gasteiger partial charge in [0, 0.05) is 43.4 Å². The number of aromatic nitrogens is 2. The van der Waals surface area contributed by atoms with Gasteiger partial charge in [-0.25, -0.2) is 22.8 Å². The second kappa shape index (κ2) is 9.97. The second-order valence-electron chi connectivity index (χ2n) is 8.76. The Morgan fingerprint density at radius 1 is 1.26 bits per heavy atom. The lowest BCUT2D eigenvalue weighted by atomic mass is 10.0. The van der Waals surface area contributed by atoms with Crippen molar-refractivity contribution in [3.63, 3.8) is 0 Å². The van der Waals surface area contributed by atoms with Crippen molar-refractivity contribution in [3.8, 4) is 0 Å². The van der Waals surface area contributed by atoms with E-state index in [2.05, 4.69) is 20.2 Å². The van der Waals surface area contributed by atoms with E-state index in [0.717, 1.165) is 18.2 Å². The Kier molecular flexibility index (Phi) is 7.20. The molecule has 1 aliphatic heterocycles. The van der Waals surface area contributed by atoms with E-state index >= 15 is 0 Å². The van der Waals surface area contributed by atoms with Crippen LogP contribution in [-0.2, 0) is 9.84 Å². The molecule has 1 N–H and O–H groups in total. The molecule has 0 radical (unpaired) electrons. The lowest BCUT2D eigenvalue weighted by Crippen LogP contribution is -2.49. The Hall–Kier alpha value is -2.56. The number of amides is 1. The highest BCUT2D eigenvalue weighted by atomic mass is 35.5. The van der Waals surface area contributed by atoms with Gasteiger partial charge in [0.15, 0.2) is 9.84 Å². The van der Waals surface area contributed by atoms with Crippen molar-refractivity contribution in [1.29, 1.82) is 0 Å². The Balaban J connectivity index is 1.52. The molecule has 2 atom stereocenters. The van der Waals surface area contributed by atoms with Crippen LogP contribution in [0.1, 0.15) is 41.9 Å². The summed E-state index contributed by atoms with van der Waals surface area (Å²) in [6.45, 7) is 3.87. The first kappa shape index (κ1) is 24.6. The van der Waals surface area contributed by atoms with E-state index in [1.54, 1.807) is 13.0 Å². The molecule has 34 heavy (non-hydrogen) atoms. The molecule has 2 aliphatic rings. The minimum absolute atomic E-state index is 0.107. The number of carbonyl (C=O) groups excluding carboxylic acids is 1. The Morgan fingerprint density at radius 2 is 2.03 bits per heavy atom. The average Bonchev–Trinajstić information content (AvgIpc) is 3.64. The van der Waals surface area contributed by atoms with Gasteiger partial charge < -0.3 is 10.2 Å². The van der Waals surface area contributed by atoms with Crippen LogP contribution in [0.5, 0.6) is 0 Å². The van der Waals surface area contributed by atoms with Gasteiger partial charge in [-0.15, -0.1) is 0 Å². The normalized spacial score (nSPS) is 20.5. The van der Waals surface area contributed by atoms with Crippen molar-refractivity contribution in [2.45, 2.75) is 37.9 Å². The van der Waals surface area contributed by atoms with Crippen molar-refractivity contribution in [3.05, 3.63) is 64.2 Å². The van der Waals surface area contributed by atoms with Crippen LogP contribution >= 0.6 is 11.6 Å². The third-order valence-corrected chi connectivity index (χ3v) is 7.00. The number of anilines is 1. The molecule has 182 valence electrons. The second-order valence-corrected chi connectivity index (χ2v) is 11.1. The van der Waals surface area contributed by atoms with Crippen LogP contribution in [0.4, 0.5) is 10.2 Å². The third kappa shape index (κ3) is 5.92. The molecule has 8 nitrogen and oxygen atoms in total. The van der Waals surface area contributed by atoms with Crippen LogP contribution in [-0.4, -0.2) is 67.2 Å². The fourth-order valence-electron chi connectivity index (χ4n) is 4.07. The molecule has 1 amide bonds. The summed E-state index contributed by atoms with van der Waals surface area (Å²) in [5, 5.41) is 3.82. The van der Waals surface area contributed by atoms with E-state index in [0.29, 0.717) is 30.5 Å². The number of hydrogen-bond acceptors (Lipinski definition) is 7. The summed E-state index contributed by atoms with van der Waals surface area (Å²) >= 11 is 6.34. The Morgan fingerprint density at radius 3 is 2.68 bits per heavy atom. The fraction of sp³-hybridized carbons (Fsp3) is 0.435. The standard InChI is InChI=1S/C23H27ClFN5O3S/c1-15(8-11-34(2,32)33)28-23(31)19-12-27-21(13-26-19)30-10-9-29(16-6-7-16)14-20(30)17-4-3-5-18(25)22(17)24/h3-5,8,11-13,15-16,20H,6-7,9-10,14H2,1-2H3,(H,28,31)/b11-8+/t15-,20-/m1/s1. The van der Waals surface area contributed by atoms with Gasteiger partial charge in [-0.2, -0.15) is 0 Å². The molecule has 0 bridgehead atoms. The molecule has 2 aromatic rings. The zero-order valence-electron chi connectivity index (χ0n) is 19.0. The summed E-state index contributed by atoms with van der Waals surface area (Å²) in [5.74, 6) is -0.352. The molecule has 1 saturated carbocycles. The highest BCUT2D eigenvalue weighted by Gasteiger charge is 2.37. The summed E-state index contributed by atoms with van der Waals surface area (Å²) in [5.41, 5.74) is 0.808. The number of rotatable bonds is 7. The number of sulfone groups is 1. The van der Waals surface area contributed by atoms with Gasteiger partial charge in [-0.3, -0.25) is 9.69 Å². The maximum atomic E-state index is 14.2. The van der Waals surface area contributed by atoms with Gasteiger partial charge >= 0.3 is 0 Å². The maximum absolute atomic E-state index is 14.2. The molecule has 0 spiro atoms. The summed E-state index contributed by atoms with van der Waals surface area (Å²) in [4.78, 5) is 25.7. The molecule has 1 aromatic heterocycles. The van der Waals surface area contributed by atoms with Crippen LogP contribution in [0.15, 0.2) is 42.1 Å². The topological polar surface area (TPSA) is 95.5 Å². The largest absolute Gasteiger partial charge is 0.346 e. The van der Waals surface area contributed by atoms with E-state index in [9.17, 15) is 17.6 Å². The number of halogens is 2. The summed E-state index contributed by atoms with van der Waals surface area (Å²) in [6.07, 6.45) is 7.73. The molecule has 0 unspecified atom stereocenters. The summed E-state index contributed by atoms with van der Waals surface area (Å²) in [6, 6.07) is 4.69. The molecule has 1 aromatic carbocycles. The monoisotopic (exact) mass is 507 g/mol. The van der Waals surface area contributed by atoms with Gasteiger partial charge in [0.25, 0.3) is 5.91 Å². The molecule has 4 rings (SSSR count). The SMILES string of the molecule is C[C@H](/C=C/S(C)(=O)=O)NC(=O)c1cnc(N2CCN(C3CC3)C[C@@H]2c2cccc(F)c2Cl)cn1. The minimum Gasteiger partial charge on any atom is -0.346 e. The number of benzene rings is 1. The molecular formula is C23H27ClFN5O3S. The van der Waals surface area contributed by atoms with Gasteiger partial charge in [0.05, 0.1) is 23.5 Å². The molecular weight excluding hydrogens is 481 g/mol. The van der Waals surface area contributed by atoms with Crippen molar-refractivity contribution >= 4 is 33.2 Å². The predicted octanol–water partition coefficient (Wildman–Crippen LogP) is 2.97. The fourth-order valence-corrected chi connectivity index (χ4v) is 4.84. The first-order valence-corrected chi connectivity index (χ1v) is 13.4. The van der Waals surface area contributed by atoms with Crippen molar-refractivity contribution < 1.29 is 17.6 Å². The summed E-state index contributed by atoms with van der Waals surface area (Å²) in [7, 11) is -3.28. The van der Waals surface area contributed by atoms with E-state index in [1.165, 1.54) is 37.4 Å². The van der Waals surface area contributed by atoms with Crippen molar-refractivity contribution in [2.24, 2.45) is 0 Å². The maximum Gasteiger partial charge on any atom is 0.271 e. The molecule has 11 heteroatoms. The lowest BCUT2D eigenvalue weighted by molar-refractivity contribution is 0.0941. The van der Waals surface area contributed by atoms with Gasteiger partial charge in [-0.1, -0.05) is 29.8 Å². The molecule has 1 saturated heterocycles. The quantitative estimate of drug-likeness (QED) is 0.615. The third-order valence-electron chi connectivity index (χ3n) is 5.95. The van der Waals surface area contributed by atoms with Gasteiger partial charge in [-0.05, 0) is 31.4 Å². The van der Waals surface area contributed by atoms with Gasteiger partial charge in [0.2, 0.25) is 0 Å². The lowest BCUT2D eigenvalue weighted by Gasteiger charge is -2.42. The van der Waals surface area contributed by atoms with Crippen molar-refractivity contribution in [2.75, 3.05) is 30.8 Å². The first-order chi connectivity index (χ1) is 16.1. The number of nitrogens with zero attached hydrogens (tertiary/aromatic N) is 4. The number of nitrogens with one attached hydrogen (secondary N) is 1. The van der Waals surface area contributed by atoms with E-state index < -0.39 is 27.6 Å². The van der Waals surface area contributed by atoms with E-state index in [1.807, 2.05) is 11.0 Å². The van der Waals surface area contributed by atoms with E-state index in [-0.39, 0.29) is 16.8 Å². The molecule has 1 aliphatic carbocycles. The van der Waals surface area contributed by atoms with E-state index in [4.69, 9.17) is 11.6 Å². The number of piperazine rings is 1. The van der Waals surface area contributed by atoms with Crippen molar-refractivity contribution in [1.82, 2.24) is 20.2 Å². The van der Waals surface area contributed by atoms with Crippen LogP contribution in [0, 0.1) is 5.82 Å². The number of carbonyl (C=O) groups is 1.